The Kier molecular flexibility index (Phi) is 2.94. The minimum Gasteiger partial charge on any atom is -0.243 e. The molecule has 2 N–H and O–H groups in total. The topological polar surface area (TPSA) is 73.1 Å². The van der Waals surface area contributed by atoms with Crippen LogP contribution in [0.2, 0.25) is 5.15 Å². The van der Waals surface area contributed by atoms with E-state index in [2.05, 4.69) is 10.1 Å². The SMILES string of the molecule is NS(=O)(=O)c1c(C(F)(F)F)ccnc1Cl. The van der Waals surface area contributed by atoms with Crippen LogP contribution in [-0.4, -0.2) is 13.4 Å². The second-order valence-corrected chi connectivity index (χ2v) is 4.38. The number of nitrogens with zero attached hydrogens (tertiary/aromatic N) is 1. The molecule has 0 saturated heterocycles. The van der Waals surface area contributed by atoms with Gasteiger partial charge in [-0.15, -0.1) is 0 Å². The maximum Gasteiger partial charge on any atom is 0.417 e. The molecule has 0 spiro atoms. The van der Waals surface area contributed by atoms with Gasteiger partial charge in [0.1, 0.15) is 10.0 Å². The number of hydrogen-bond acceptors (Lipinski definition) is 3. The lowest BCUT2D eigenvalue weighted by molar-refractivity contribution is -0.139. The maximum absolute atomic E-state index is 12.4. The number of halogens is 4. The van der Waals surface area contributed by atoms with Gasteiger partial charge in [-0.25, -0.2) is 18.5 Å². The lowest BCUT2D eigenvalue weighted by Crippen LogP contribution is -2.20. The van der Waals surface area contributed by atoms with Crippen LogP contribution < -0.4 is 5.14 Å². The zero-order valence-electron chi connectivity index (χ0n) is 6.92. The van der Waals surface area contributed by atoms with Crippen molar-refractivity contribution in [2.75, 3.05) is 0 Å². The van der Waals surface area contributed by atoms with E-state index < -0.39 is 31.8 Å². The predicted molar refractivity (Wildman–Crippen MR) is 45.6 cm³/mol. The van der Waals surface area contributed by atoms with Crippen molar-refractivity contribution < 1.29 is 21.6 Å². The van der Waals surface area contributed by atoms with E-state index in [9.17, 15) is 21.6 Å². The molecule has 0 aliphatic carbocycles. The zero-order valence-corrected chi connectivity index (χ0v) is 8.49. The van der Waals surface area contributed by atoms with E-state index in [1.807, 2.05) is 0 Å². The van der Waals surface area contributed by atoms with E-state index in [1.54, 1.807) is 0 Å². The van der Waals surface area contributed by atoms with Crippen LogP contribution in [0.3, 0.4) is 0 Å². The molecule has 1 heterocycles. The summed E-state index contributed by atoms with van der Waals surface area (Å²) in [6.07, 6.45) is -4.10. The van der Waals surface area contributed by atoms with Crippen LogP contribution >= 0.6 is 11.6 Å². The monoisotopic (exact) mass is 260 g/mol. The second kappa shape index (κ2) is 3.62. The minimum absolute atomic E-state index is 0.492. The maximum atomic E-state index is 12.4. The molecule has 0 saturated carbocycles. The Bertz CT molecular complexity index is 486. The molecule has 0 atom stereocenters. The van der Waals surface area contributed by atoms with Gasteiger partial charge in [-0.2, -0.15) is 13.2 Å². The van der Waals surface area contributed by atoms with E-state index >= 15 is 0 Å². The average Bonchev–Trinajstić information content (AvgIpc) is 1.99. The van der Waals surface area contributed by atoms with Gasteiger partial charge >= 0.3 is 6.18 Å². The summed E-state index contributed by atoms with van der Waals surface area (Å²) in [4.78, 5) is 2.02. The number of alkyl halides is 3. The highest BCUT2D eigenvalue weighted by Crippen LogP contribution is 2.35. The highest BCUT2D eigenvalue weighted by atomic mass is 35.5. The first-order chi connectivity index (χ1) is 6.64. The normalized spacial score (nSPS) is 12.9. The van der Waals surface area contributed by atoms with Crippen molar-refractivity contribution in [3.05, 3.63) is 23.0 Å². The fraction of sp³-hybridized carbons (Fsp3) is 0.167. The van der Waals surface area contributed by atoms with Crippen molar-refractivity contribution in [2.45, 2.75) is 11.1 Å². The first kappa shape index (κ1) is 12.2. The molecule has 0 radical (unpaired) electrons. The van der Waals surface area contributed by atoms with Crippen molar-refractivity contribution in [3.63, 3.8) is 0 Å². The molecule has 4 nitrogen and oxygen atoms in total. The van der Waals surface area contributed by atoms with E-state index in [0.717, 1.165) is 6.20 Å². The average molecular weight is 261 g/mol. The van der Waals surface area contributed by atoms with Gasteiger partial charge in [0.15, 0.2) is 0 Å². The number of rotatable bonds is 1. The zero-order chi connectivity index (χ0) is 11.9. The summed E-state index contributed by atoms with van der Waals surface area (Å²) in [5.74, 6) is 0. The van der Waals surface area contributed by atoms with Gasteiger partial charge in [0, 0.05) is 6.20 Å². The van der Waals surface area contributed by atoms with Gasteiger partial charge in [0.05, 0.1) is 5.56 Å². The van der Waals surface area contributed by atoms with Crippen LogP contribution in [0.5, 0.6) is 0 Å². The van der Waals surface area contributed by atoms with Gasteiger partial charge < -0.3 is 0 Å². The molecule has 1 aromatic rings. The molecule has 0 aliphatic rings. The van der Waals surface area contributed by atoms with Gasteiger partial charge in [-0.1, -0.05) is 11.6 Å². The van der Waals surface area contributed by atoms with Crippen LogP contribution in [-0.2, 0) is 16.2 Å². The highest BCUT2D eigenvalue weighted by molar-refractivity contribution is 7.89. The van der Waals surface area contributed by atoms with Crippen molar-refractivity contribution in [3.8, 4) is 0 Å². The molecular weight excluding hydrogens is 257 g/mol. The van der Waals surface area contributed by atoms with Crippen molar-refractivity contribution in [1.82, 2.24) is 4.98 Å². The summed E-state index contributed by atoms with van der Waals surface area (Å²) < 4.78 is 58.8. The molecule has 1 rings (SSSR count). The van der Waals surface area contributed by atoms with E-state index in [1.165, 1.54) is 0 Å². The van der Waals surface area contributed by atoms with Crippen molar-refractivity contribution in [2.24, 2.45) is 5.14 Å². The van der Waals surface area contributed by atoms with E-state index in [-0.39, 0.29) is 0 Å². The minimum atomic E-state index is -4.85. The molecule has 0 bridgehead atoms. The van der Waals surface area contributed by atoms with Crippen LogP contribution in [0.25, 0.3) is 0 Å². The summed E-state index contributed by atoms with van der Waals surface area (Å²) in [6.45, 7) is 0. The number of primary sulfonamides is 1. The van der Waals surface area contributed by atoms with Crippen LogP contribution in [0, 0.1) is 0 Å². The lowest BCUT2D eigenvalue weighted by atomic mass is 10.2. The van der Waals surface area contributed by atoms with Crippen LogP contribution in [0.1, 0.15) is 5.56 Å². The number of pyridine rings is 1. The molecule has 0 aromatic carbocycles. The molecule has 0 unspecified atom stereocenters. The summed E-state index contributed by atoms with van der Waals surface area (Å²) in [5.41, 5.74) is -1.43. The standard InChI is InChI=1S/C6H4ClF3N2O2S/c7-5-4(15(11,13)14)3(1-2-12-5)6(8,9)10/h1-2H,(H2,11,13,14). The Labute approximate surface area is 87.9 Å². The number of aromatic nitrogens is 1. The van der Waals surface area contributed by atoms with Gasteiger partial charge in [-0.05, 0) is 6.07 Å². The lowest BCUT2D eigenvalue weighted by Gasteiger charge is -2.11. The largest absolute Gasteiger partial charge is 0.417 e. The quantitative estimate of drug-likeness (QED) is 0.776. The molecule has 0 aliphatic heterocycles. The van der Waals surface area contributed by atoms with Gasteiger partial charge in [0.25, 0.3) is 0 Å². The number of nitrogens with two attached hydrogens (primary N) is 1. The summed E-state index contributed by atoms with van der Waals surface area (Å²) in [5, 5.41) is 3.80. The Morgan fingerprint density at radius 3 is 2.27 bits per heavy atom. The van der Waals surface area contributed by atoms with Gasteiger partial charge in [0.2, 0.25) is 10.0 Å². The molecule has 0 fully saturated rings. The summed E-state index contributed by atoms with van der Waals surface area (Å²) in [6, 6.07) is 0.492. The first-order valence-corrected chi connectivity index (χ1v) is 5.31. The summed E-state index contributed by atoms with van der Waals surface area (Å²) >= 11 is 5.25. The molecule has 15 heavy (non-hydrogen) atoms. The molecule has 0 amide bonds. The third-order valence-corrected chi connectivity index (χ3v) is 2.83. The van der Waals surface area contributed by atoms with E-state index in [0.29, 0.717) is 6.07 Å². The molecule has 1 aromatic heterocycles. The smallest absolute Gasteiger partial charge is 0.243 e. The summed E-state index contributed by atoms with van der Waals surface area (Å²) in [7, 11) is -4.56. The molecular formula is C6H4ClF3N2O2S. The Hall–Kier alpha value is -0.860. The molecule has 84 valence electrons. The first-order valence-electron chi connectivity index (χ1n) is 3.38. The van der Waals surface area contributed by atoms with Crippen LogP contribution in [0.4, 0.5) is 13.2 Å². The van der Waals surface area contributed by atoms with Crippen molar-refractivity contribution >= 4 is 21.6 Å². The Morgan fingerprint density at radius 2 is 1.93 bits per heavy atom. The Morgan fingerprint density at radius 1 is 1.40 bits per heavy atom. The van der Waals surface area contributed by atoms with Crippen molar-refractivity contribution in [1.29, 1.82) is 0 Å². The van der Waals surface area contributed by atoms with Crippen LogP contribution in [0.15, 0.2) is 17.2 Å². The fourth-order valence-electron chi connectivity index (χ4n) is 0.917. The highest BCUT2D eigenvalue weighted by Gasteiger charge is 2.38. The van der Waals surface area contributed by atoms with E-state index in [4.69, 9.17) is 11.6 Å². The Balaban J connectivity index is 3.63. The number of hydrogen-bond donors (Lipinski definition) is 1. The molecule has 9 heteroatoms. The predicted octanol–water partition coefficient (Wildman–Crippen LogP) is 1.40. The second-order valence-electron chi connectivity index (χ2n) is 2.52. The number of sulfonamides is 1. The fourth-order valence-corrected chi connectivity index (χ4v) is 2.18. The van der Waals surface area contributed by atoms with Gasteiger partial charge in [-0.3, -0.25) is 0 Å². The third kappa shape index (κ3) is 2.58. The third-order valence-electron chi connectivity index (χ3n) is 1.45.